The van der Waals surface area contributed by atoms with Crippen molar-refractivity contribution in [2.24, 2.45) is 0 Å². The SMILES string of the molecule is C=CC1=C([C@]2(O)O[C@H](COCc3ccccc3)[C@@H](OCc3ccccc3)C(OCc3ccccc3)[C@H]2OCc2ccccc2)C=C(Cc2ccc(CC)cc2)C(Cl)C1. The first-order chi connectivity index (χ1) is 28.4. The minimum Gasteiger partial charge on any atom is -0.374 e. The van der Waals surface area contributed by atoms with Gasteiger partial charge in [0.05, 0.1) is 38.4 Å². The van der Waals surface area contributed by atoms with Crippen molar-refractivity contribution in [3.05, 3.63) is 214 Å². The second kappa shape index (κ2) is 20.4. The third kappa shape index (κ3) is 10.5. The van der Waals surface area contributed by atoms with Gasteiger partial charge >= 0.3 is 0 Å². The van der Waals surface area contributed by atoms with E-state index >= 15 is 0 Å². The third-order valence-corrected chi connectivity index (χ3v) is 11.3. The molecule has 1 saturated heterocycles. The summed E-state index contributed by atoms with van der Waals surface area (Å²) in [6.45, 7) is 7.53. The number of hydrogen-bond donors (Lipinski definition) is 1. The van der Waals surface area contributed by atoms with E-state index in [-0.39, 0.29) is 31.8 Å². The molecule has 0 saturated carbocycles. The second-order valence-corrected chi connectivity index (χ2v) is 15.5. The Bertz CT molecular complexity index is 2090. The van der Waals surface area contributed by atoms with Crippen LogP contribution in [0.25, 0.3) is 0 Å². The van der Waals surface area contributed by atoms with Gasteiger partial charge in [0.1, 0.15) is 24.4 Å². The van der Waals surface area contributed by atoms with Gasteiger partial charge in [-0.25, -0.2) is 0 Å². The van der Waals surface area contributed by atoms with Crippen LogP contribution in [0.3, 0.4) is 0 Å². The molecule has 1 fully saturated rings. The Hall–Kier alpha value is -4.63. The van der Waals surface area contributed by atoms with Crippen LogP contribution in [0, 0.1) is 0 Å². The molecule has 5 aromatic carbocycles. The lowest BCUT2D eigenvalue weighted by Crippen LogP contribution is -2.68. The number of ether oxygens (including phenoxy) is 5. The van der Waals surface area contributed by atoms with Gasteiger partial charge in [0.25, 0.3) is 0 Å². The molecular weight excluding hydrogens is 744 g/mol. The van der Waals surface area contributed by atoms with Crippen LogP contribution in [0.15, 0.2) is 181 Å². The highest BCUT2D eigenvalue weighted by atomic mass is 35.5. The third-order valence-electron chi connectivity index (χ3n) is 10.9. The quantitative estimate of drug-likeness (QED) is 0.0891. The van der Waals surface area contributed by atoms with E-state index in [4.69, 9.17) is 35.3 Å². The maximum Gasteiger partial charge on any atom is 0.223 e. The Labute approximate surface area is 348 Å². The molecule has 0 amide bonds. The molecule has 1 heterocycles. The minimum atomic E-state index is -2.03. The van der Waals surface area contributed by atoms with Crippen molar-refractivity contribution < 1.29 is 28.8 Å². The predicted octanol–water partition coefficient (Wildman–Crippen LogP) is 10.3. The summed E-state index contributed by atoms with van der Waals surface area (Å²) in [5.41, 5.74) is 8.61. The van der Waals surface area contributed by atoms with Gasteiger partial charge in [-0.15, -0.1) is 11.6 Å². The van der Waals surface area contributed by atoms with Crippen LogP contribution in [0.2, 0.25) is 0 Å². The van der Waals surface area contributed by atoms with E-state index in [2.05, 4.69) is 37.8 Å². The summed E-state index contributed by atoms with van der Waals surface area (Å²) in [5.74, 6) is -2.03. The molecule has 6 atom stereocenters. The van der Waals surface area contributed by atoms with Crippen molar-refractivity contribution in [3.63, 3.8) is 0 Å². The van der Waals surface area contributed by atoms with E-state index in [1.807, 2.05) is 127 Å². The summed E-state index contributed by atoms with van der Waals surface area (Å²) in [6, 6.07) is 48.5. The fourth-order valence-electron chi connectivity index (χ4n) is 7.69. The van der Waals surface area contributed by atoms with Gasteiger partial charge in [0.2, 0.25) is 5.79 Å². The summed E-state index contributed by atoms with van der Waals surface area (Å²) in [6.07, 6.45) is 2.43. The molecule has 1 N–H and O–H groups in total. The Morgan fingerprint density at radius 2 is 1.14 bits per heavy atom. The molecule has 2 unspecified atom stereocenters. The number of alkyl halides is 1. The van der Waals surface area contributed by atoms with Crippen LogP contribution in [0.1, 0.15) is 46.7 Å². The standard InChI is InChI=1S/C51H53ClO6/c1-3-37-25-27-38(28-26-37)29-44-30-45(43(4-2)31-46(44)52)51(53)50(57-35-42-23-15-8-16-24-42)49(56-34-41-21-13-7-14-22-41)48(55-33-40-19-11-6-12-20-40)47(58-51)36-54-32-39-17-9-5-10-18-39/h4-28,30,46-50,53H,2-3,29,31-36H2,1H3/t46?,47-,48-,49?,50-,51+/m1/s1. The molecule has 1 aliphatic heterocycles. The van der Waals surface area contributed by atoms with Crippen LogP contribution < -0.4 is 0 Å². The molecule has 0 aromatic heterocycles. The van der Waals surface area contributed by atoms with Gasteiger partial charge in [-0.2, -0.15) is 0 Å². The van der Waals surface area contributed by atoms with Gasteiger partial charge in [-0.3, -0.25) is 0 Å². The number of rotatable bonds is 18. The van der Waals surface area contributed by atoms with Crippen molar-refractivity contribution in [1.82, 2.24) is 0 Å². The van der Waals surface area contributed by atoms with E-state index < -0.39 is 30.2 Å². The number of aliphatic hydroxyl groups is 1. The summed E-state index contributed by atoms with van der Waals surface area (Å²) in [5, 5.41) is 13.2. The van der Waals surface area contributed by atoms with E-state index in [0.29, 0.717) is 25.0 Å². The zero-order chi connectivity index (χ0) is 40.2. The zero-order valence-corrected chi connectivity index (χ0v) is 33.9. The highest BCUT2D eigenvalue weighted by Gasteiger charge is 2.58. The number of hydrogen-bond acceptors (Lipinski definition) is 6. The number of benzene rings is 5. The summed E-state index contributed by atoms with van der Waals surface area (Å²) < 4.78 is 34.1. The summed E-state index contributed by atoms with van der Waals surface area (Å²) in [7, 11) is 0. The highest BCUT2D eigenvalue weighted by molar-refractivity contribution is 6.22. The van der Waals surface area contributed by atoms with E-state index in [1.165, 1.54) is 5.56 Å². The Morgan fingerprint density at radius 3 is 1.66 bits per heavy atom. The lowest BCUT2D eigenvalue weighted by atomic mass is 9.79. The number of aryl methyl sites for hydroxylation is 1. The van der Waals surface area contributed by atoms with E-state index in [0.717, 1.165) is 45.4 Å². The molecule has 0 spiro atoms. The average molecular weight is 797 g/mol. The zero-order valence-electron chi connectivity index (χ0n) is 33.1. The van der Waals surface area contributed by atoms with Gasteiger partial charge in [0.15, 0.2) is 0 Å². The monoisotopic (exact) mass is 796 g/mol. The average Bonchev–Trinajstić information content (AvgIpc) is 3.27. The molecule has 0 bridgehead atoms. The molecular formula is C51H53ClO6. The van der Waals surface area contributed by atoms with Crippen molar-refractivity contribution in [2.75, 3.05) is 6.61 Å². The van der Waals surface area contributed by atoms with E-state index in [1.54, 1.807) is 6.08 Å². The maximum absolute atomic E-state index is 13.5. The van der Waals surface area contributed by atoms with Crippen LogP contribution in [0.5, 0.6) is 0 Å². The fourth-order valence-corrected chi connectivity index (χ4v) is 8.00. The van der Waals surface area contributed by atoms with Crippen molar-refractivity contribution in [1.29, 1.82) is 0 Å². The topological polar surface area (TPSA) is 66.4 Å². The number of halogens is 1. The molecule has 2 aliphatic rings. The lowest BCUT2D eigenvalue weighted by Gasteiger charge is -2.51. The Kier molecular flexibility index (Phi) is 14.6. The molecule has 7 rings (SSSR count). The summed E-state index contributed by atoms with van der Waals surface area (Å²) >= 11 is 7.15. The second-order valence-electron chi connectivity index (χ2n) is 15.0. The normalized spacial score (nSPS) is 23.4. The van der Waals surface area contributed by atoms with Crippen molar-refractivity contribution >= 4 is 11.6 Å². The van der Waals surface area contributed by atoms with Crippen LogP contribution >= 0.6 is 11.6 Å². The van der Waals surface area contributed by atoms with Crippen LogP contribution in [-0.4, -0.2) is 47.3 Å². The van der Waals surface area contributed by atoms with Crippen molar-refractivity contribution in [3.8, 4) is 0 Å². The molecule has 7 heteroatoms. The van der Waals surface area contributed by atoms with Gasteiger partial charge in [0, 0.05) is 5.57 Å². The Morgan fingerprint density at radius 1 is 0.655 bits per heavy atom. The molecule has 0 radical (unpaired) electrons. The largest absolute Gasteiger partial charge is 0.374 e. The maximum atomic E-state index is 13.5. The fraction of sp³-hybridized carbons (Fsp3) is 0.294. The van der Waals surface area contributed by atoms with Crippen LogP contribution in [0.4, 0.5) is 0 Å². The van der Waals surface area contributed by atoms with Gasteiger partial charge in [-0.1, -0.05) is 171 Å². The molecule has 5 aromatic rings. The smallest absolute Gasteiger partial charge is 0.223 e. The first kappa shape index (κ1) is 41.5. The minimum absolute atomic E-state index is 0.114. The molecule has 6 nitrogen and oxygen atoms in total. The summed E-state index contributed by atoms with van der Waals surface area (Å²) in [4.78, 5) is 0. The Balaban J connectivity index is 1.31. The lowest BCUT2D eigenvalue weighted by molar-refractivity contribution is -0.355. The predicted molar refractivity (Wildman–Crippen MR) is 230 cm³/mol. The van der Waals surface area contributed by atoms with Crippen molar-refractivity contribution in [2.45, 2.75) is 88.2 Å². The molecule has 300 valence electrons. The van der Waals surface area contributed by atoms with Gasteiger partial charge < -0.3 is 28.8 Å². The first-order valence-electron chi connectivity index (χ1n) is 20.2. The van der Waals surface area contributed by atoms with Crippen LogP contribution in [-0.2, 0) is 63.0 Å². The molecule has 58 heavy (non-hydrogen) atoms. The van der Waals surface area contributed by atoms with Gasteiger partial charge in [-0.05, 0) is 63.8 Å². The molecule has 1 aliphatic carbocycles. The first-order valence-corrected chi connectivity index (χ1v) is 20.6. The highest BCUT2D eigenvalue weighted by Crippen LogP contribution is 2.45. The van der Waals surface area contributed by atoms with E-state index in [9.17, 15) is 5.11 Å². The number of allylic oxidation sites excluding steroid dienone is 3.